The Morgan fingerprint density at radius 3 is 2.83 bits per heavy atom. The number of aliphatic carboxylic acids is 1. The number of thioether (sulfide) groups is 2. The minimum atomic E-state index is -1.27. The molecule has 14 nitrogen and oxygen atoms in total. The van der Waals surface area contributed by atoms with Gasteiger partial charge in [-0.05, 0) is 30.3 Å². The molecule has 0 aliphatic carbocycles. The van der Waals surface area contributed by atoms with Crippen LogP contribution in [0.1, 0.15) is 5.82 Å². The Hall–Kier alpha value is -3.89. The second-order valence-corrected chi connectivity index (χ2v) is 11.3. The number of carboxylic acid groups (broad SMARTS) is 1. The summed E-state index contributed by atoms with van der Waals surface area (Å²) in [6, 6.07) is 7.41. The Morgan fingerprint density at radius 1 is 1.35 bits per heavy atom. The molecule has 3 atom stereocenters. The minimum Gasteiger partial charge on any atom is -0.481 e. The average Bonchev–Trinajstić information content (AvgIpc) is 3.42. The summed E-state index contributed by atoms with van der Waals surface area (Å²) in [5.41, 5.74) is 4.82. The van der Waals surface area contributed by atoms with Gasteiger partial charge in [0.1, 0.15) is 29.8 Å². The zero-order valence-corrected chi connectivity index (χ0v) is 23.1. The first kappa shape index (κ1) is 27.7. The number of hydrogen-bond donors (Lipinski definition) is 3. The van der Waals surface area contributed by atoms with E-state index in [0.29, 0.717) is 10.6 Å². The number of rotatable bonds is 9. The van der Waals surface area contributed by atoms with E-state index in [1.807, 2.05) is 0 Å². The maximum absolute atomic E-state index is 13.0. The van der Waals surface area contributed by atoms with Crippen LogP contribution in [0.15, 0.2) is 51.3 Å². The Balaban J connectivity index is 1.23. The van der Waals surface area contributed by atoms with Gasteiger partial charge in [-0.25, -0.2) is 9.97 Å². The maximum atomic E-state index is 13.0. The average molecular weight is 605 g/mol. The van der Waals surface area contributed by atoms with Gasteiger partial charge in [-0.2, -0.15) is 0 Å². The van der Waals surface area contributed by atoms with Gasteiger partial charge in [-0.3, -0.25) is 14.4 Å². The van der Waals surface area contributed by atoms with E-state index in [0.717, 1.165) is 11.8 Å². The third-order valence-electron chi connectivity index (χ3n) is 6.14. The lowest BCUT2D eigenvalue weighted by Gasteiger charge is -2.53. The van der Waals surface area contributed by atoms with E-state index >= 15 is 0 Å². The fraction of sp³-hybridized carbons (Fsp3) is 0.304. The summed E-state index contributed by atoms with van der Waals surface area (Å²) in [6.07, 6.45) is 1.36. The highest BCUT2D eigenvalue weighted by atomic mass is 35.5. The third kappa shape index (κ3) is 5.41. The SMILES string of the molecule is CON=C(C(=O)NC1C(=O)N2CC(CSc3nnc(-c4ccc(Cl)cc4)o3)(C(=O)O)CS[C@H]12)c1nccc(N)n1. The summed E-state index contributed by atoms with van der Waals surface area (Å²) in [5.74, 6) is -1.61. The number of aromatic nitrogens is 4. The number of fused-ring (bicyclic) bond motifs is 1. The van der Waals surface area contributed by atoms with E-state index in [4.69, 9.17) is 26.6 Å². The Kier molecular flexibility index (Phi) is 7.82. The molecule has 0 spiro atoms. The summed E-state index contributed by atoms with van der Waals surface area (Å²) >= 11 is 8.27. The van der Waals surface area contributed by atoms with Gasteiger partial charge in [-0.15, -0.1) is 22.0 Å². The van der Waals surface area contributed by atoms with Crippen molar-refractivity contribution in [2.24, 2.45) is 10.6 Å². The van der Waals surface area contributed by atoms with Crippen LogP contribution in [-0.4, -0.2) is 90.2 Å². The number of oxime groups is 1. The van der Waals surface area contributed by atoms with Gasteiger partial charge in [0.05, 0.1) is 0 Å². The summed E-state index contributed by atoms with van der Waals surface area (Å²) in [4.78, 5) is 52.5. The summed E-state index contributed by atoms with van der Waals surface area (Å²) < 4.78 is 5.69. The lowest BCUT2D eigenvalue weighted by molar-refractivity contribution is -0.157. The van der Waals surface area contributed by atoms with Crippen LogP contribution in [-0.2, 0) is 19.2 Å². The van der Waals surface area contributed by atoms with Gasteiger partial charge in [0.2, 0.25) is 17.5 Å². The Bertz CT molecular complexity index is 1490. The van der Waals surface area contributed by atoms with Crippen molar-refractivity contribution in [3.63, 3.8) is 0 Å². The molecule has 1 aromatic carbocycles. The van der Waals surface area contributed by atoms with Crippen molar-refractivity contribution in [2.75, 3.05) is 30.9 Å². The molecule has 40 heavy (non-hydrogen) atoms. The van der Waals surface area contributed by atoms with Crippen LogP contribution in [0.25, 0.3) is 11.5 Å². The number of carbonyl (C=O) groups excluding carboxylic acids is 2. The maximum Gasteiger partial charge on any atom is 0.313 e. The molecule has 2 amide bonds. The van der Waals surface area contributed by atoms with Crippen LogP contribution in [0.5, 0.6) is 0 Å². The van der Waals surface area contributed by atoms with Gasteiger partial charge in [0.15, 0.2) is 5.82 Å². The highest BCUT2D eigenvalue weighted by molar-refractivity contribution is 8.00. The molecule has 17 heteroatoms. The number of anilines is 1. The molecule has 3 aromatic rings. The number of carbonyl (C=O) groups is 3. The predicted octanol–water partition coefficient (Wildman–Crippen LogP) is 1.38. The monoisotopic (exact) mass is 604 g/mol. The quantitative estimate of drug-likeness (QED) is 0.137. The highest BCUT2D eigenvalue weighted by Crippen LogP contribution is 2.44. The van der Waals surface area contributed by atoms with Crippen LogP contribution >= 0.6 is 35.1 Å². The normalized spacial score (nSPS) is 22.3. The number of nitrogens with zero attached hydrogens (tertiary/aromatic N) is 6. The molecule has 5 rings (SSSR count). The smallest absolute Gasteiger partial charge is 0.313 e. The number of hydrogen-bond acceptors (Lipinski definition) is 13. The molecule has 2 saturated heterocycles. The number of β-lactam (4-membered cyclic amide) rings is 1. The van der Waals surface area contributed by atoms with E-state index in [9.17, 15) is 19.5 Å². The van der Waals surface area contributed by atoms with Crippen molar-refractivity contribution in [1.29, 1.82) is 0 Å². The molecule has 0 saturated carbocycles. The Labute approximate surface area is 240 Å². The van der Waals surface area contributed by atoms with E-state index < -0.39 is 34.6 Å². The van der Waals surface area contributed by atoms with Crippen molar-refractivity contribution in [3.05, 3.63) is 47.4 Å². The van der Waals surface area contributed by atoms with E-state index in [1.165, 1.54) is 36.0 Å². The standard InChI is InChI=1S/C23H21ClN8O6S2/c1-37-31-14(16-26-7-6-13(25)27-16)17(33)28-15-19(34)32-8-23(21(35)36,9-39-20(15)32)10-40-22-30-29-18(38-22)11-2-4-12(24)5-3-11/h2-7,15,20H,8-10H2,1H3,(H,28,33)(H,35,36)(H2,25,26,27)/t15?,20-,23?/m1/s1. The minimum absolute atomic E-state index is 0.0479. The predicted molar refractivity (Wildman–Crippen MR) is 145 cm³/mol. The lowest BCUT2D eigenvalue weighted by atomic mass is 9.89. The van der Waals surface area contributed by atoms with Crippen LogP contribution in [0, 0.1) is 5.41 Å². The van der Waals surface area contributed by atoms with Gasteiger partial charge in [0.25, 0.3) is 11.1 Å². The number of nitrogen functional groups attached to an aromatic ring is 1. The van der Waals surface area contributed by atoms with E-state index in [2.05, 4.69) is 30.6 Å². The molecule has 208 valence electrons. The van der Waals surface area contributed by atoms with Crippen molar-refractivity contribution >= 4 is 64.4 Å². The fourth-order valence-electron chi connectivity index (χ4n) is 4.05. The van der Waals surface area contributed by atoms with Crippen molar-refractivity contribution < 1.29 is 28.7 Å². The third-order valence-corrected chi connectivity index (χ3v) is 9.09. The molecule has 0 radical (unpaired) electrons. The van der Waals surface area contributed by atoms with E-state index in [1.54, 1.807) is 24.3 Å². The second-order valence-electron chi connectivity index (χ2n) is 8.80. The largest absolute Gasteiger partial charge is 0.481 e. The number of amides is 2. The van der Waals surface area contributed by atoms with Gasteiger partial charge in [0, 0.05) is 34.8 Å². The van der Waals surface area contributed by atoms with E-state index in [-0.39, 0.29) is 46.5 Å². The molecule has 4 N–H and O–H groups in total. The number of carboxylic acids is 1. The highest BCUT2D eigenvalue weighted by Gasteiger charge is 2.57. The molecule has 2 aromatic heterocycles. The van der Waals surface area contributed by atoms with Crippen LogP contribution in [0.2, 0.25) is 5.02 Å². The molecule has 2 fully saturated rings. The second kappa shape index (κ2) is 11.3. The van der Waals surface area contributed by atoms with Gasteiger partial charge in [-0.1, -0.05) is 28.5 Å². The van der Waals surface area contributed by atoms with Crippen molar-refractivity contribution in [2.45, 2.75) is 16.6 Å². The lowest BCUT2D eigenvalue weighted by Crippen LogP contribution is -2.74. The van der Waals surface area contributed by atoms with Gasteiger partial charge >= 0.3 is 5.97 Å². The first-order valence-electron chi connectivity index (χ1n) is 11.6. The van der Waals surface area contributed by atoms with Gasteiger partial charge < -0.3 is 30.3 Å². The van der Waals surface area contributed by atoms with Crippen molar-refractivity contribution in [1.82, 2.24) is 30.4 Å². The molecule has 2 unspecified atom stereocenters. The fourth-order valence-corrected chi connectivity index (χ4v) is 6.80. The summed E-state index contributed by atoms with van der Waals surface area (Å²) in [5, 5.41) is 24.8. The van der Waals surface area contributed by atoms with Crippen LogP contribution in [0.4, 0.5) is 5.82 Å². The number of nitrogens with one attached hydrogen (secondary N) is 1. The molecule has 4 heterocycles. The Morgan fingerprint density at radius 2 is 2.12 bits per heavy atom. The van der Waals surface area contributed by atoms with Crippen LogP contribution < -0.4 is 11.1 Å². The zero-order valence-electron chi connectivity index (χ0n) is 20.7. The zero-order chi connectivity index (χ0) is 28.4. The topological polar surface area (TPSA) is 199 Å². The number of benzene rings is 1. The summed E-state index contributed by atoms with van der Waals surface area (Å²) in [6.45, 7) is -0.0479. The number of halogens is 1. The summed E-state index contributed by atoms with van der Waals surface area (Å²) in [7, 11) is 1.25. The molecule has 0 bridgehead atoms. The molecular formula is C23H21ClN8O6S2. The number of nitrogens with two attached hydrogens (primary N) is 1. The first-order chi connectivity index (χ1) is 19.2. The molecule has 2 aliphatic rings. The molecule has 2 aliphatic heterocycles. The first-order valence-corrected chi connectivity index (χ1v) is 14.0. The van der Waals surface area contributed by atoms with Crippen molar-refractivity contribution in [3.8, 4) is 11.5 Å². The molecular weight excluding hydrogens is 584 g/mol. The van der Waals surface area contributed by atoms with Crippen LogP contribution in [0.3, 0.4) is 0 Å².